The average Bonchev–Trinajstić information content (AvgIpc) is 3.05. The summed E-state index contributed by atoms with van der Waals surface area (Å²) in [4.78, 5) is 27.4. The quantitative estimate of drug-likeness (QED) is 0.600. The topological polar surface area (TPSA) is 75.6 Å². The molecule has 1 atom stereocenters. The van der Waals surface area contributed by atoms with E-state index >= 15 is 0 Å². The van der Waals surface area contributed by atoms with Crippen molar-refractivity contribution >= 4 is 23.0 Å². The van der Waals surface area contributed by atoms with Gasteiger partial charge in [0.15, 0.2) is 11.6 Å². The van der Waals surface area contributed by atoms with Crippen molar-refractivity contribution in [2.75, 3.05) is 7.11 Å². The van der Waals surface area contributed by atoms with Gasteiger partial charge in [-0.3, -0.25) is 9.59 Å². The monoisotopic (exact) mass is 441 g/mol. The molecule has 0 saturated carbocycles. The summed E-state index contributed by atoms with van der Waals surface area (Å²) in [6.07, 6.45) is 2.28. The highest BCUT2D eigenvalue weighted by Crippen LogP contribution is 2.34. The minimum absolute atomic E-state index is 0.0498. The number of nitrogens with one attached hydrogen (secondary N) is 2. The fourth-order valence-electron chi connectivity index (χ4n) is 3.21. The minimum atomic E-state index is -2.92. The fourth-order valence-corrected chi connectivity index (χ4v) is 3.43. The lowest BCUT2D eigenvalue weighted by Gasteiger charge is -2.17. The number of carbonyl (C=O) groups is 1. The molecule has 0 spiro atoms. The Morgan fingerprint density at radius 1 is 1.37 bits per heavy atom. The number of rotatable bonds is 6. The molecule has 2 N–H and O–H groups in total. The molecule has 2 aromatic heterocycles. The van der Waals surface area contributed by atoms with Gasteiger partial charge in [0.1, 0.15) is 5.52 Å². The van der Waals surface area contributed by atoms with Gasteiger partial charge in [-0.2, -0.15) is 0 Å². The van der Waals surface area contributed by atoms with E-state index in [2.05, 4.69) is 10.3 Å². The first-order chi connectivity index (χ1) is 14.0. The van der Waals surface area contributed by atoms with Gasteiger partial charge in [0.25, 0.3) is 11.5 Å². The number of ether oxygens (including phenoxy) is 1. The Bertz CT molecular complexity index is 1170. The molecule has 0 aliphatic heterocycles. The molecule has 0 aliphatic rings. The molecule has 0 bridgehead atoms. The Balaban J connectivity index is 1.96. The number of alkyl halides is 2. The van der Waals surface area contributed by atoms with Crippen LogP contribution in [0.3, 0.4) is 0 Å². The third-order valence-corrected chi connectivity index (χ3v) is 4.74. The lowest BCUT2D eigenvalue weighted by molar-refractivity contribution is 0.00497. The van der Waals surface area contributed by atoms with Crippen LogP contribution in [0.4, 0.5) is 13.2 Å². The van der Waals surface area contributed by atoms with Crippen LogP contribution in [0.5, 0.6) is 5.75 Å². The molecule has 0 radical (unpaired) electrons. The smallest absolute Gasteiger partial charge is 0.272 e. The number of carbonyl (C=O) groups excluding carboxylic acids is 1. The van der Waals surface area contributed by atoms with Crippen LogP contribution in [0.15, 0.2) is 35.4 Å². The normalized spacial score (nSPS) is 12.8. The van der Waals surface area contributed by atoms with Gasteiger partial charge in [0.2, 0.25) is 5.92 Å². The number of amides is 1. The Kier molecular flexibility index (Phi) is 5.85. The number of methoxy groups -OCH3 is 1. The second-order valence-corrected chi connectivity index (χ2v) is 7.52. The lowest BCUT2D eigenvalue weighted by atomic mass is 10.1. The zero-order valence-electron chi connectivity index (χ0n) is 16.4. The highest BCUT2D eigenvalue weighted by Gasteiger charge is 2.26. The van der Waals surface area contributed by atoms with Gasteiger partial charge in [-0.25, -0.2) is 13.2 Å². The Morgan fingerprint density at radius 3 is 2.70 bits per heavy atom. The number of H-pyrrole nitrogens is 1. The first-order valence-electron chi connectivity index (χ1n) is 8.96. The van der Waals surface area contributed by atoms with E-state index in [0.717, 1.165) is 6.92 Å². The third-order valence-electron chi connectivity index (χ3n) is 4.45. The van der Waals surface area contributed by atoms with Crippen molar-refractivity contribution in [2.24, 2.45) is 0 Å². The summed E-state index contributed by atoms with van der Waals surface area (Å²) in [7, 11) is 1.27. The van der Waals surface area contributed by atoms with E-state index in [9.17, 15) is 22.8 Å². The number of hydrogen-bond acceptors (Lipinski definition) is 3. The van der Waals surface area contributed by atoms with Crippen molar-refractivity contribution in [1.82, 2.24) is 14.7 Å². The van der Waals surface area contributed by atoms with E-state index in [1.54, 1.807) is 0 Å². The Labute approximate surface area is 174 Å². The van der Waals surface area contributed by atoms with Gasteiger partial charge < -0.3 is 19.4 Å². The van der Waals surface area contributed by atoms with Gasteiger partial charge in [0.05, 0.1) is 23.4 Å². The molecule has 0 saturated heterocycles. The molecule has 1 amide bonds. The summed E-state index contributed by atoms with van der Waals surface area (Å²) in [5.74, 6) is -4.44. The van der Waals surface area contributed by atoms with E-state index in [0.29, 0.717) is 0 Å². The first kappa shape index (κ1) is 21.8. The fraction of sp³-hybridized carbons (Fsp3) is 0.300. The van der Waals surface area contributed by atoms with Gasteiger partial charge in [-0.15, -0.1) is 0 Å². The van der Waals surface area contributed by atoms with Crippen LogP contribution in [0, 0.1) is 5.82 Å². The summed E-state index contributed by atoms with van der Waals surface area (Å²) in [6, 6.07) is 3.37. The summed E-state index contributed by atoms with van der Waals surface area (Å²) in [6.45, 7) is 2.24. The summed E-state index contributed by atoms with van der Waals surface area (Å²) in [5.41, 5.74) is -0.125. The third kappa shape index (κ3) is 4.46. The molecule has 0 fully saturated rings. The summed E-state index contributed by atoms with van der Waals surface area (Å²) < 4.78 is 47.2. The van der Waals surface area contributed by atoms with E-state index < -0.39 is 35.7 Å². The molecule has 2 heterocycles. The van der Waals surface area contributed by atoms with Crippen molar-refractivity contribution < 1.29 is 22.7 Å². The molecule has 3 rings (SSSR count). The second-order valence-electron chi connectivity index (χ2n) is 7.11. The Hall–Kier alpha value is -2.94. The van der Waals surface area contributed by atoms with Gasteiger partial charge in [0, 0.05) is 30.4 Å². The standard InChI is InChI=1S/C20H19ClF3N3O3/c1-10(7-20(2,23)24)25-18(28)11-6-15-19(29)26-14(9-27(15)8-11)12-4-5-13(21)17(30-3)16(12)22/h4-6,8-10H,7H2,1-3H3,(H,25,28)(H,26,29). The van der Waals surface area contributed by atoms with Crippen molar-refractivity contribution in [3.05, 3.63) is 57.3 Å². The van der Waals surface area contributed by atoms with Crippen LogP contribution in [0.2, 0.25) is 5.02 Å². The largest absolute Gasteiger partial charge is 0.492 e. The van der Waals surface area contributed by atoms with Gasteiger partial charge in [-0.05, 0) is 32.0 Å². The predicted molar refractivity (Wildman–Crippen MR) is 107 cm³/mol. The van der Waals surface area contributed by atoms with Crippen molar-refractivity contribution in [1.29, 1.82) is 0 Å². The minimum Gasteiger partial charge on any atom is -0.492 e. The number of benzene rings is 1. The van der Waals surface area contributed by atoms with Crippen molar-refractivity contribution in [3.63, 3.8) is 0 Å². The molecular weight excluding hydrogens is 423 g/mol. The average molecular weight is 442 g/mol. The van der Waals surface area contributed by atoms with Crippen LogP contribution in [0.1, 0.15) is 30.6 Å². The zero-order valence-corrected chi connectivity index (χ0v) is 17.1. The highest BCUT2D eigenvalue weighted by atomic mass is 35.5. The molecule has 0 aliphatic carbocycles. The summed E-state index contributed by atoms with van der Waals surface area (Å²) >= 11 is 5.90. The molecule has 30 heavy (non-hydrogen) atoms. The van der Waals surface area contributed by atoms with Crippen LogP contribution < -0.4 is 15.6 Å². The maximum Gasteiger partial charge on any atom is 0.272 e. The van der Waals surface area contributed by atoms with Crippen LogP contribution >= 0.6 is 11.6 Å². The second kappa shape index (κ2) is 8.06. The molecule has 160 valence electrons. The zero-order chi connectivity index (χ0) is 22.2. The molecule has 3 aromatic rings. The van der Waals surface area contributed by atoms with Gasteiger partial charge in [-0.1, -0.05) is 11.6 Å². The van der Waals surface area contributed by atoms with E-state index in [-0.39, 0.29) is 33.1 Å². The Morgan fingerprint density at radius 2 is 2.07 bits per heavy atom. The number of hydrogen-bond donors (Lipinski definition) is 2. The maximum absolute atomic E-state index is 14.7. The summed E-state index contributed by atoms with van der Waals surface area (Å²) in [5, 5.41) is 2.55. The molecule has 1 unspecified atom stereocenters. The predicted octanol–water partition coefficient (Wildman–Crippen LogP) is 4.26. The molecular formula is C20H19ClF3N3O3. The number of nitrogens with zero attached hydrogens (tertiary/aromatic N) is 1. The number of fused-ring (bicyclic) bond motifs is 1. The molecule has 6 nitrogen and oxygen atoms in total. The number of aromatic amines is 1. The SMILES string of the molecule is COc1c(Cl)ccc(-c2cn3cc(C(=O)NC(C)CC(C)(F)F)cc3c(=O)[nH]2)c1F. The first-order valence-corrected chi connectivity index (χ1v) is 9.34. The van der Waals surface area contributed by atoms with E-state index in [4.69, 9.17) is 16.3 Å². The maximum atomic E-state index is 14.7. The van der Waals surface area contributed by atoms with Crippen molar-refractivity contribution in [3.8, 4) is 17.0 Å². The number of aromatic nitrogens is 2. The highest BCUT2D eigenvalue weighted by molar-refractivity contribution is 6.32. The van der Waals surface area contributed by atoms with Crippen molar-refractivity contribution in [2.45, 2.75) is 32.2 Å². The molecule has 10 heteroatoms. The van der Waals surface area contributed by atoms with E-state index in [1.165, 1.54) is 49.0 Å². The van der Waals surface area contributed by atoms with Crippen LogP contribution in [0.25, 0.3) is 16.8 Å². The number of halogens is 4. The van der Waals surface area contributed by atoms with Crippen LogP contribution in [-0.2, 0) is 0 Å². The molecule has 1 aromatic carbocycles. The van der Waals surface area contributed by atoms with Crippen LogP contribution in [-0.4, -0.2) is 34.4 Å². The van der Waals surface area contributed by atoms with Gasteiger partial charge >= 0.3 is 0 Å². The lowest BCUT2D eigenvalue weighted by Crippen LogP contribution is -2.36. The van der Waals surface area contributed by atoms with E-state index in [1.807, 2.05) is 0 Å².